The van der Waals surface area contributed by atoms with Gasteiger partial charge in [0.1, 0.15) is 17.3 Å². The molecule has 3 heteroatoms. The summed E-state index contributed by atoms with van der Waals surface area (Å²) in [6.45, 7) is 6.48. The molecule has 0 spiro atoms. The molecule has 110 valence electrons. The molecule has 0 saturated heterocycles. The van der Waals surface area contributed by atoms with Crippen LogP contribution in [0, 0.1) is 20.8 Å². The fraction of sp³-hybridized carbons (Fsp3) is 0.500. The van der Waals surface area contributed by atoms with Gasteiger partial charge in [-0.1, -0.05) is 17.7 Å². The first-order valence-corrected chi connectivity index (χ1v) is 8.02. The molecule has 0 unspecified atom stereocenters. The number of imidazole rings is 1. The van der Waals surface area contributed by atoms with Crippen molar-refractivity contribution in [1.82, 2.24) is 9.55 Å². The van der Waals surface area contributed by atoms with Gasteiger partial charge in [-0.15, -0.1) is 0 Å². The Bertz CT molecular complexity index is 695. The number of hydrogen-bond donors (Lipinski definition) is 1. The highest BCUT2D eigenvalue weighted by Crippen LogP contribution is 2.48. The van der Waals surface area contributed by atoms with E-state index >= 15 is 0 Å². The molecule has 21 heavy (non-hydrogen) atoms. The lowest BCUT2D eigenvalue weighted by Crippen LogP contribution is -2.04. The highest BCUT2D eigenvalue weighted by molar-refractivity contribution is 5.77. The standard InChI is InChI=1S/C18H23N3/c1-10-8-11(2)15(12(3)9-10)16-17(19)21(14-6-7-14)18(20-16)13-4-5-13/h8-9,13-14H,4-7,19H2,1-3H3. The van der Waals surface area contributed by atoms with E-state index in [0.29, 0.717) is 12.0 Å². The smallest absolute Gasteiger partial charge is 0.132 e. The minimum atomic E-state index is 0.605. The van der Waals surface area contributed by atoms with Crippen molar-refractivity contribution in [3.8, 4) is 11.3 Å². The van der Waals surface area contributed by atoms with Gasteiger partial charge in [0, 0.05) is 17.5 Å². The Morgan fingerprint density at radius 1 is 1.05 bits per heavy atom. The third-order valence-corrected chi connectivity index (χ3v) is 4.74. The van der Waals surface area contributed by atoms with Gasteiger partial charge < -0.3 is 10.3 Å². The molecule has 0 atom stereocenters. The quantitative estimate of drug-likeness (QED) is 0.913. The van der Waals surface area contributed by atoms with Gasteiger partial charge in [0.25, 0.3) is 0 Å². The van der Waals surface area contributed by atoms with Crippen LogP contribution in [0.2, 0.25) is 0 Å². The second-order valence-electron chi connectivity index (χ2n) is 6.85. The van der Waals surface area contributed by atoms with E-state index in [-0.39, 0.29) is 0 Å². The highest BCUT2D eigenvalue weighted by atomic mass is 15.2. The molecule has 2 N–H and O–H groups in total. The third kappa shape index (κ3) is 2.06. The number of nitrogens with two attached hydrogens (primary N) is 1. The van der Waals surface area contributed by atoms with Crippen molar-refractivity contribution in [2.45, 2.75) is 58.4 Å². The molecule has 2 saturated carbocycles. The highest BCUT2D eigenvalue weighted by Gasteiger charge is 2.37. The minimum absolute atomic E-state index is 0.605. The Morgan fingerprint density at radius 2 is 1.67 bits per heavy atom. The number of nitrogen functional groups attached to an aromatic ring is 1. The summed E-state index contributed by atoms with van der Waals surface area (Å²) in [5, 5.41) is 0. The molecule has 2 aliphatic carbocycles. The van der Waals surface area contributed by atoms with Crippen LogP contribution in [0.15, 0.2) is 12.1 Å². The molecule has 0 bridgehead atoms. The van der Waals surface area contributed by atoms with E-state index in [1.54, 1.807) is 0 Å². The number of anilines is 1. The van der Waals surface area contributed by atoms with Gasteiger partial charge in [0.05, 0.1) is 0 Å². The van der Waals surface area contributed by atoms with Gasteiger partial charge in [-0.3, -0.25) is 0 Å². The van der Waals surface area contributed by atoms with Crippen LogP contribution in [0.1, 0.15) is 60.2 Å². The summed E-state index contributed by atoms with van der Waals surface area (Å²) in [6, 6.07) is 5.07. The maximum Gasteiger partial charge on any atom is 0.132 e. The van der Waals surface area contributed by atoms with Crippen molar-refractivity contribution in [3.63, 3.8) is 0 Å². The van der Waals surface area contributed by atoms with Gasteiger partial charge in [0.15, 0.2) is 0 Å². The van der Waals surface area contributed by atoms with Crippen molar-refractivity contribution in [3.05, 3.63) is 34.6 Å². The van der Waals surface area contributed by atoms with E-state index in [1.165, 1.54) is 53.8 Å². The predicted octanol–water partition coefficient (Wildman–Crippen LogP) is 4.27. The van der Waals surface area contributed by atoms with Crippen molar-refractivity contribution in [2.75, 3.05) is 5.73 Å². The molecule has 1 heterocycles. The molecule has 0 aliphatic heterocycles. The average Bonchev–Trinajstić information content (AvgIpc) is 3.29. The lowest BCUT2D eigenvalue weighted by Gasteiger charge is -2.11. The largest absolute Gasteiger partial charge is 0.383 e. The first-order chi connectivity index (χ1) is 10.1. The van der Waals surface area contributed by atoms with Crippen LogP contribution in [0.25, 0.3) is 11.3 Å². The second kappa shape index (κ2) is 4.36. The summed E-state index contributed by atoms with van der Waals surface area (Å²) in [6.07, 6.45) is 5.06. The summed E-state index contributed by atoms with van der Waals surface area (Å²) in [5.41, 5.74) is 12.6. The van der Waals surface area contributed by atoms with Crippen molar-refractivity contribution >= 4 is 5.82 Å². The van der Waals surface area contributed by atoms with Gasteiger partial charge in [-0.05, 0) is 57.6 Å². The van der Waals surface area contributed by atoms with Gasteiger partial charge in [-0.2, -0.15) is 0 Å². The molecule has 4 rings (SSSR count). The SMILES string of the molecule is Cc1cc(C)c(-c2nc(C3CC3)n(C3CC3)c2N)c(C)c1. The summed E-state index contributed by atoms with van der Waals surface area (Å²) in [7, 11) is 0. The van der Waals surface area contributed by atoms with E-state index in [9.17, 15) is 0 Å². The lowest BCUT2D eigenvalue weighted by molar-refractivity contribution is 0.691. The topological polar surface area (TPSA) is 43.8 Å². The van der Waals surface area contributed by atoms with Crippen molar-refractivity contribution in [1.29, 1.82) is 0 Å². The number of rotatable bonds is 3. The Balaban J connectivity index is 1.91. The molecule has 1 aromatic carbocycles. The normalized spacial score (nSPS) is 18.2. The Hall–Kier alpha value is -1.77. The molecular formula is C18H23N3. The summed E-state index contributed by atoms with van der Waals surface area (Å²) in [5.74, 6) is 2.77. The molecule has 2 aromatic rings. The average molecular weight is 281 g/mol. The zero-order valence-electron chi connectivity index (χ0n) is 13.1. The van der Waals surface area contributed by atoms with Gasteiger partial charge in [0.2, 0.25) is 0 Å². The van der Waals surface area contributed by atoms with Crippen LogP contribution >= 0.6 is 0 Å². The molecule has 1 aromatic heterocycles. The lowest BCUT2D eigenvalue weighted by atomic mass is 9.97. The van der Waals surface area contributed by atoms with Crippen LogP contribution in [0.5, 0.6) is 0 Å². The molecular weight excluding hydrogens is 258 g/mol. The van der Waals surface area contributed by atoms with Crippen LogP contribution in [-0.2, 0) is 0 Å². The monoisotopic (exact) mass is 281 g/mol. The van der Waals surface area contributed by atoms with E-state index in [0.717, 1.165) is 11.5 Å². The predicted molar refractivity (Wildman–Crippen MR) is 86.5 cm³/mol. The molecule has 2 aliphatic rings. The summed E-state index contributed by atoms with van der Waals surface area (Å²) < 4.78 is 2.34. The zero-order valence-corrected chi connectivity index (χ0v) is 13.1. The molecule has 0 amide bonds. The molecule has 0 radical (unpaired) electrons. The number of aromatic nitrogens is 2. The van der Waals surface area contributed by atoms with Crippen molar-refractivity contribution < 1.29 is 0 Å². The Kier molecular flexibility index (Phi) is 2.69. The maximum absolute atomic E-state index is 6.52. The fourth-order valence-electron chi connectivity index (χ4n) is 3.55. The van der Waals surface area contributed by atoms with E-state index in [4.69, 9.17) is 10.7 Å². The number of hydrogen-bond acceptors (Lipinski definition) is 2. The Labute approximate surface area is 126 Å². The van der Waals surface area contributed by atoms with Crippen LogP contribution in [0.3, 0.4) is 0 Å². The zero-order chi connectivity index (χ0) is 14.7. The molecule has 3 nitrogen and oxygen atoms in total. The van der Waals surface area contributed by atoms with Crippen LogP contribution in [0.4, 0.5) is 5.82 Å². The summed E-state index contributed by atoms with van der Waals surface area (Å²) >= 11 is 0. The molecule has 2 fully saturated rings. The first kappa shape index (κ1) is 12.9. The van der Waals surface area contributed by atoms with Gasteiger partial charge in [-0.25, -0.2) is 4.98 Å². The van der Waals surface area contributed by atoms with Crippen LogP contribution in [-0.4, -0.2) is 9.55 Å². The van der Waals surface area contributed by atoms with Crippen molar-refractivity contribution in [2.24, 2.45) is 0 Å². The Morgan fingerprint density at radius 3 is 2.19 bits per heavy atom. The summed E-state index contributed by atoms with van der Waals surface area (Å²) in [4.78, 5) is 4.99. The number of aryl methyl sites for hydroxylation is 3. The number of nitrogens with zero attached hydrogens (tertiary/aromatic N) is 2. The maximum atomic E-state index is 6.52. The van der Waals surface area contributed by atoms with Crippen LogP contribution < -0.4 is 5.73 Å². The van der Waals surface area contributed by atoms with E-state index < -0.39 is 0 Å². The second-order valence-corrected chi connectivity index (χ2v) is 6.85. The fourth-order valence-corrected chi connectivity index (χ4v) is 3.55. The third-order valence-electron chi connectivity index (χ3n) is 4.74. The van der Waals surface area contributed by atoms with Gasteiger partial charge >= 0.3 is 0 Å². The first-order valence-electron chi connectivity index (χ1n) is 8.02. The minimum Gasteiger partial charge on any atom is -0.383 e. The van der Waals surface area contributed by atoms with E-state index in [2.05, 4.69) is 37.5 Å². The van der Waals surface area contributed by atoms with E-state index in [1.807, 2.05) is 0 Å². The number of benzene rings is 1.